The molecule has 5 heteroatoms. The zero-order valence-electron chi connectivity index (χ0n) is 20.1. The van der Waals surface area contributed by atoms with Crippen LogP contribution < -0.4 is 5.32 Å². The first-order chi connectivity index (χ1) is 16.5. The fraction of sp³-hybridized carbons (Fsp3) is 0.379. The molecule has 2 atom stereocenters. The maximum absolute atomic E-state index is 13.3. The number of benzene rings is 3. The highest BCUT2D eigenvalue weighted by Crippen LogP contribution is 2.29. The summed E-state index contributed by atoms with van der Waals surface area (Å²) in [5, 5.41) is 5.58. The molecule has 5 nitrogen and oxygen atoms in total. The summed E-state index contributed by atoms with van der Waals surface area (Å²) in [5.74, 6) is -0.299. The Labute approximate surface area is 201 Å². The molecule has 1 aliphatic carbocycles. The lowest BCUT2D eigenvalue weighted by atomic mass is 9.87. The van der Waals surface area contributed by atoms with Crippen LogP contribution in [0.1, 0.15) is 29.5 Å². The monoisotopic (exact) mass is 455 g/mol. The van der Waals surface area contributed by atoms with E-state index in [2.05, 4.69) is 58.7 Å². The molecule has 0 bridgehead atoms. The van der Waals surface area contributed by atoms with E-state index in [4.69, 9.17) is 0 Å². The van der Waals surface area contributed by atoms with Crippen molar-refractivity contribution in [1.82, 2.24) is 9.80 Å². The van der Waals surface area contributed by atoms with Gasteiger partial charge in [-0.3, -0.25) is 14.5 Å². The number of likely N-dealkylation sites (tertiary alicyclic amines) is 1. The number of piperidine rings is 1. The molecule has 0 radical (unpaired) electrons. The molecule has 2 amide bonds. The van der Waals surface area contributed by atoms with Crippen molar-refractivity contribution in [1.29, 1.82) is 0 Å². The van der Waals surface area contributed by atoms with Gasteiger partial charge in [0.25, 0.3) is 0 Å². The molecule has 1 fully saturated rings. The van der Waals surface area contributed by atoms with Crippen LogP contribution >= 0.6 is 0 Å². The van der Waals surface area contributed by atoms with Crippen LogP contribution in [0.4, 0.5) is 5.69 Å². The largest absolute Gasteiger partial charge is 0.349 e. The highest BCUT2D eigenvalue weighted by Gasteiger charge is 2.36. The second-order valence-electron chi connectivity index (χ2n) is 10.1. The van der Waals surface area contributed by atoms with Gasteiger partial charge in [-0.15, -0.1) is 0 Å². The third-order valence-corrected chi connectivity index (χ3v) is 7.27. The van der Waals surface area contributed by atoms with Crippen molar-refractivity contribution in [2.24, 2.45) is 11.8 Å². The van der Waals surface area contributed by atoms with Crippen molar-refractivity contribution in [2.45, 2.75) is 32.2 Å². The average Bonchev–Trinajstić information content (AvgIpc) is 3.31. The van der Waals surface area contributed by atoms with Gasteiger partial charge in [0.05, 0.1) is 11.8 Å². The average molecular weight is 456 g/mol. The topological polar surface area (TPSA) is 52.7 Å². The zero-order chi connectivity index (χ0) is 23.7. The second kappa shape index (κ2) is 9.59. The number of hydrogen-bond donors (Lipinski definition) is 1. The van der Waals surface area contributed by atoms with Crippen LogP contribution in [0.3, 0.4) is 0 Å². The number of nitrogens with zero attached hydrogens (tertiary/aromatic N) is 2. The molecule has 3 aromatic rings. The summed E-state index contributed by atoms with van der Waals surface area (Å²) in [6.45, 7) is 2.05. The Morgan fingerprint density at radius 3 is 2.50 bits per heavy atom. The number of nitrogens with one attached hydrogen (secondary N) is 1. The van der Waals surface area contributed by atoms with Crippen molar-refractivity contribution in [2.75, 3.05) is 32.5 Å². The van der Waals surface area contributed by atoms with E-state index >= 15 is 0 Å². The number of anilines is 1. The Balaban J connectivity index is 1.33. The fourth-order valence-corrected chi connectivity index (χ4v) is 5.54. The highest BCUT2D eigenvalue weighted by molar-refractivity contribution is 5.93. The molecule has 34 heavy (non-hydrogen) atoms. The molecule has 1 N–H and O–H groups in total. The normalized spacial score (nSPS) is 20.2. The van der Waals surface area contributed by atoms with Crippen molar-refractivity contribution >= 4 is 28.3 Å². The summed E-state index contributed by atoms with van der Waals surface area (Å²) in [5.41, 5.74) is 4.82. The standard InChI is InChI=1S/C29H33N3O2/c1-31(2)29(34)26-15-25(28(33)30-27-13-12-22-8-5-9-24(22)16-27)18-32(19-26)17-20-10-11-21-6-3-4-7-23(21)14-20/h3-4,6-7,10-14,16,25-26H,5,8-9,15,17-19H2,1-2H3,(H,30,33)/t25-,26+/m1/s1. The number of aryl methyl sites for hydroxylation is 2. The van der Waals surface area contributed by atoms with E-state index in [0.29, 0.717) is 19.5 Å². The smallest absolute Gasteiger partial charge is 0.228 e. The first-order valence-corrected chi connectivity index (χ1v) is 12.3. The van der Waals surface area contributed by atoms with Crippen molar-refractivity contribution in [3.05, 3.63) is 77.4 Å². The van der Waals surface area contributed by atoms with E-state index in [-0.39, 0.29) is 23.7 Å². The lowest BCUT2D eigenvalue weighted by molar-refractivity contribution is -0.137. The first-order valence-electron chi connectivity index (χ1n) is 12.3. The van der Waals surface area contributed by atoms with Gasteiger partial charge in [0.1, 0.15) is 0 Å². The summed E-state index contributed by atoms with van der Waals surface area (Å²) < 4.78 is 0. The number of rotatable bonds is 5. The molecular formula is C29H33N3O2. The molecule has 5 rings (SSSR count). The Hall–Kier alpha value is -3.18. The Kier molecular flexibility index (Phi) is 6.38. The van der Waals surface area contributed by atoms with Crippen LogP contribution in [0.25, 0.3) is 10.8 Å². The highest BCUT2D eigenvalue weighted by atomic mass is 16.2. The number of amides is 2. The summed E-state index contributed by atoms with van der Waals surface area (Å²) in [4.78, 5) is 30.1. The van der Waals surface area contributed by atoms with Gasteiger partial charge in [0.2, 0.25) is 11.8 Å². The van der Waals surface area contributed by atoms with Crippen molar-refractivity contribution in [3.63, 3.8) is 0 Å². The molecule has 176 valence electrons. The van der Waals surface area contributed by atoms with Gasteiger partial charge in [0.15, 0.2) is 0 Å². The van der Waals surface area contributed by atoms with Crippen LogP contribution in [-0.2, 0) is 29.0 Å². The molecule has 0 unspecified atom stereocenters. The van der Waals surface area contributed by atoms with Crippen LogP contribution in [0.2, 0.25) is 0 Å². The SMILES string of the molecule is CN(C)C(=O)[C@H]1C[C@@H](C(=O)Nc2ccc3c(c2)CCC3)CN(Cc2ccc3ccccc3c2)C1. The predicted octanol–water partition coefficient (Wildman–Crippen LogP) is 4.49. The summed E-state index contributed by atoms with van der Waals surface area (Å²) in [6.07, 6.45) is 3.99. The minimum Gasteiger partial charge on any atom is -0.349 e. The van der Waals surface area contributed by atoms with E-state index in [0.717, 1.165) is 25.1 Å². The van der Waals surface area contributed by atoms with Gasteiger partial charge in [-0.25, -0.2) is 0 Å². The van der Waals surface area contributed by atoms with E-state index in [9.17, 15) is 9.59 Å². The minimum absolute atomic E-state index is 0.0118. The summed E-state index contributed by atoms with van der Waals surface area (Å²) in [6, 6.07) is 21.1. The number of fused-ring (bicyclic) bond motifs is 2. The van der Waals surface area contributed by atoms with Gasteiger partial charge in [0, 0.05) is 39.4 Å². The second-order valence-corrected chi connectivity index (χ2v) is 10.1. The van der Waals surface area contributed by atoms with Crippen LogP contribution in [0.5, 0.6) is 0 Å². The molecule has 3 aromatic carbocycles. The molecule has 1 saturated heterocycles. The quantitative estimate of drug-likeness (QED) is 0.617. The van der Waals surface area contributed by atoms with E-state index < -0.39 is 0 Å². The lowest BCUT2D eigenvalue weighted by Gasteiger charge is -2.37. The molecule has 0 saturated carbocycles. The molecule has 1 aliphatic heterocycles. The lowest BCUT2D eigenvalue weighted by Crippen LogP contribution is -2.48. The summed E-state index contributed by atoms with van der Waals surface area (Å²) in [7, 11) is 3.59. The van der Waals surface area contributed by atoms with Crippen LogP contribution in [0, 0.1) is 11.8 Å². The van der Waals surface area contributed by atoms with E-state index in [1.165, 1.54) is 33.9 Å². The molecule has 2 aliphatic rings. The van der Waals surface area contributed by atoms with Crippen molar-refractivity contribution in [3.8, 4) is 0 Å². The van der Waals surface area contributed by atoms with Gasteiger partial charge < -0.3 is 10.2 Å². The fourth-order valence-electron chi connectivity index (χ4n) is 5.54. The van der Waals surface area contributed by atoms with E-state index in [1.54, 1.807) is 19.0 Å². The van der Waals surface area contributed by atoms with Gasteiger partial charge in [-0.1, -0.05) is 42.5 Å². The third-order valence-electron chi connectivity index (χ3n) is 7.27. The van der Waals surface area contributed by atoms with E-state index in [1.807, 2.05) is 12.1 Å². The Morgan fingerprint density at radius 2 is 1.68 bits per heavy atom. The summed E-state index contributed by atoms with van der Waals surface area (Å²) >= 11 is 0. The van der Waals surface area contributed by atoms with Gasteiger partial charge >= 0.3 is 0 Å². The van der Waals surface area contributed by atoms with Crippen LogP contribution in [0.15, 0.2) is 60.7 Å². The molecule has 0 spiro atoms. The predicted molar refractivity (Wildman–Crippen MR) is 137 cm³/mol. The third kappa shape index (κ3) is 4.85. The van der Waals surface area contributed by atoms with Gasteiger partial charge in [-0.2, -0.15) is 0 Å². The number of carbonyl (C=O) groups is 2. The maximum Gasteiger partial charge on any atom is 0.228 e. The Morgan fingerprint density at radius 1 is 0.912 bits per heavy atom. The number of hydrogen-bond acceptors (Lipinski definition) is 3. The Bertz CT molecular complexity index is 1220. The van der Waals surface area contributed by atoms with Crippen LogP contribution in [-0.4, -0.2) is 48.8 Å². The molecule has 1 heterocycles. The molecular weight excluding hydrogens is 422 g/mol. The van der Waals surface area contributed by atoms with Crippen molar-refractivity contribution < 1.29 is 9.59 Å². The minimum atomic E-state index is -0.226. The zero-order valence-corrected chi connectivity index (χ0v) is 20.1. The molecule has 0 aromatic heterocycles. The number of carbonyl (C=O) groups excluding carboxylic acids is 2. The maximum atomic E-state index is 13.3. The van der Waals surface area contributed by atoms with Gasteiger partial charge in [-0.05, 0) is 71.3 Å². The first kappa shape index (κ1) is 22.6.